The van der Waals surface area contributed by atoms with Crippen LogP contribution in [0.3, 0.4) is 0 Å². The molecule has 0 saturated carbocycles. The molecule has 550 valence electrons. The quantitative estimate of drug-likeness (QED) is 0.0487. The van der Waals surface area contributed by atoms with Crippen molar-refractivity contribution in [3.05, 3.63) is 65.7 Å². The van der Waals surface area contributed by atoms with E-state index >= 15 is 14.4 Å². The highest BCUT2D eigenvalue weighted by Gasteiger charge is 2.55. The maximum atomic E-state index is 15.3. The molecule has 25 atom stereocenters. The van der Waals surface area contributed by atoms with Gasteiger partial charge in [-0.1, -0.05) is 63.2 Å². The number of guanidine groups is 2. The van der Waals surface area contributed by atoms with Gasteiger partial charge in [-0.2, -0.15) is 0 Å². The van der Waals surface area contributed by atoms with Crippen LogP contribution in [0.5, 0.6) is 5.75 Å². The number of aliphatic imine (C=N–C) groups is 2. The van der Waals surface area contributed by atoms with Crippen molar-refractivity contribution in [1.29, 1.82) is 0 Å². The summed E-state index contributed by atoms with van der Waals surface area (Å²) in [5.41, 5.74) is 12.9. The van der Waals surface area contributed by atoms with Gasteiger partial charge < -0.3 is 148 Å². The number of carbonyl (C=O) groups excluding carboxylic acids is 7. The number of hydrogen-bond donors (Lipinski definition) is 22. The van der Waals surface area contributed by atoms with Gasteiger partial charge in [-0.25, -0.2) is 0 Å². The van der Waals surface area contributed by atoms with Gasteiger partial charge in [-0.15, -0.1) is 0 Å². The average molecular weight is 1410 g/mol. The zero-order valence-electron chi connectivity index (χ0n) is 54.1. The monoisotopic (exact) mass is 1410 g/mol. The smallest absolute Gasteiger partial charge is 0.306 e. The Bertz CT molecular complexity index is 3140. The maximum absolute atomic E-state index is 15.3. The van der Waals surface area contributed by atoms with Crippen LogP contribution in [-0.2, 0) is 63.7 Å². The Hall–Kier alpha value is -7.61. The molecule has 6 aliphatic heterocycles. The largest absolute Gasteiger partial charge is 0.462 e. The van der Waals surface area contributed by atoms with E-state index in [9.17, 15) is 85.6 Å². The number of ether oxygens (including phenoxy) is 6. The highest BCUT2D eigenvalue weighted by atomic mass is 16.7. The van der Waals surface area contributed by atoms with E-state index in [-0.39, 0.29) is 42.6 Å². The second-order valence-corrected chi connectivity index (χ2v) is 25.2. The van der Waals surface area contributed by atoms with E-state index in [1.54, 1.807) is 37.3 Å². The van der Waals surface area contributed by atoms with Gasteiger partial charge in [-0.3, -0.25) is 43.5 Å². The van der Waals surface area contributed by atoms with Crippen LogP contribution in [0, 0.1) is 5.92 Å². The summed E-state index contributed by atoms with van der Waals surface area (Å²) in [7, 11) is 0. The molecule has 6 amide bonds. The molecule has 25 unspecified atom stereocenters. The lowest BCUT2D eigenvalue weighted by Crippen LogP contribution is -2.70. The number of carbonyl (C=O) groups is 7. The Balaban J connectivity index is 1.10. The molecular weight excluding hydrogens is 1320 g/mol. The lowest BCUT2D eigenvalue weighted by molar-refractivity contribution is -0.353. The fraction of sp³-hybridized carbons (Fsp3) is 0.656. The van der Waals surface area contributed by atoms with E-state index in [4.69, 9.17) is 39.9 Å². The van der Waals surface area contributed by atoms with Crippen molar-refractivity contribution in [2.75, 3.05) is 46.1 Å². The SMILES string of the molecule is CCC(c1ccccc1)C1NC(=O)CNC(=O)C(CO)NC(=O)C(C(O)C2CN=C(N)N2C2OC(CO)C(O)C(O)C2O)NC(=O)C(C(O)C2CN=C(N)N2)NC(=O)C(Cc2ccc(OC3OC(CO)C(OC4OC(CO)C(O)C(O)C4OC(=O)CCC(C)C)C(O)C3O)cc2)NC1=O. The van der Waals surface area contributed by atoms with Crippen molar-refractivity contribution in [3.8, 4) is 5.75 Å². The molecular formula is C61H90N12O26. The van der Waals surface area contributed by atoms with Crippen molar-refractivity contribution in [1.82, 2.24) is 42.1 Å². The molecule has 0 bridgehead atoms. The van der Waals surface area contributed by atoms with E-state index in [2.05, 4.69) is 47.2 Å². The lowest BCUT2D eigenvalue weighted by Gasteiger charge is -2.46. The highest BCUT2D eigenvalue weighted by Crippen LogP contribution is 2.34. The summed E-state index contributed by atoms with van der Waals surface area (Å²) in [4.78, 5) is 110. The molecule has 38 nitrogen and oxygen atoms in total. The minimum atomic E-state index is -2.36. The Morgan fingerprint density at radius 3 is 1.84 bits per heavy atom. The average Bonchev–Trinajstić information content (AvgIpc) is 1.76. The predicted molar refractivity (Wildman–Crippen MR) is 336 cm³/mol. The number of esters is 1. The van der Waals surface area contributed by atoms with Gasteiger partial charge in [0.05, 0.1) is 58.1 Å². The second-order valence-electron chi connectivity index (χ2n) is 25.2. The van der Waals surface area contributed by atoms with Crippen molar-refractivity contribution in [3.63, 3.8) is 0 Å². The summed E-state index contributed by atoms with van der Waals surface area (Å²) in [6.45, 7) is -0.195. The zero-order valence-corrected chi connectivity index (χ0v) is 54.1. The van der Waals surface area contributed by atoms with Crippen LogP contribution in [0.2, 0.25) is 0 Å². The van der Waals surface area contributed by atoms with Gasteiger partial charge >= 0.3 is 5.97 Å². The molecule has 4 saturated heterocycles. The van der Waals surface area contributed by atoms with Crippen LogP contribution >= 0.6 is 0 Å². The molecule has 4 fully saturated rings. The minimum absolute atomic E-state index is 0.0790. The fourth-order valence-corrected chi connectivity index (χ4v) is 12.3. The molecule has 6 aliphatic rings. The van der Waals surface area contributed by atoms with E-state index in [1.165, 1.54) is 24.3 Å². The number of nitrogens with one attached hydrogen (secondary N) is 7. The maximum Gasteiger partial charge on any atom is 0.306 e. The molecule has 24 N–H and O–H groups in total. The normalized spacial score (nSPS) is 35.5. The Kier molecular flexibility index (Phi) is 27.0. The van der Waals surface area contributed by atoms with Crippen LogP contribution < -0.4 is 53.4 Å². The third-order valence-electron chi connectivity index (χ3n) is 17.9. The van der Waals surface area contributed by atoms with E-state index in [1.807, 2.05) is 13.8 Å². The number of nitrogens with two attached hydrogens (primary N) is 2. The number of nitrogens with zero attached hydrogens (tertiary/aromatic N) is 3. The summed E-state index contributed by atoms with van der Waals surface area (Å²) in [5.74, 6) is -9.69. The van der Waals surface area contributed by atoms with Crippen LogP contribution in [-0.4, -0.2) is 317 Å². The molecule has 2 aromatic carbocycles. The van der Waals surface area contributed by atoms with Gasteiger partial charge in [0.2, 0.25) is 41.7 Å². The Morgan fingerprint density at radius 2 is 1.21 bits per heavy atom. The Labute approximate surface area is 566 Å². The van der Waals surface area contributed by atoms with Crippen molar-refractivity contribution in [2.45, 2.75) is 199 Å². The Morgan fingerprint density at radius 1 is 0.616 bits per heavy atom. The first kappa shape index (κ1) is 77.1. The van der Waals surface area contributed by atoms with Crippen LogP contribution in [0.1, 0.15) is 57.1 Å². The van der Waals surface area contributed by atoms with Crippen molar-refractivity contribution >= 4 is 53.3 Å². The van der Waals surface area contributed by atoms with Crippen LogP contribution in [0.4, 0.5) is 0 Å². The van der Waals surface area contributed by atoms with Gasteiger partial charge in [0.1, 0.15) is 115 Å². The molecule has 6 heterocycles. The number of aliphatic hydroxyl groups excluding tert-OH is 13. The van der Waals surface area contributed by atoms with E-state index in [0.717, 1.165) is 4.90 Å². The molecule has 0 aromatic heterocycles. The highest BCUT2D eigenvalue weighted by molar-refractivity contribution is 5.98. The number of amides is 6. The molecule has 0 spiro atoms. The summed E-state index contributed by atoms with van der Waals surface area (Å²) in [6, 6.07) is 0.894. The second kappa shape index (κ2) is 34.6. The number of aliphatic hydroxyl groups is 13. The standard InChI is InChI=1S/C61H90N12O26/c1-4-28(26-8-6-5-7-9-26)38-54(91)67-29(16-25-11-13-27(14-12-25)94-58-49(88)47(86)50(35(23-77)97-58)99-59-51(98-37(79)15-10-24(2)3)46(85)44(83)34(22-76)96-59)53(90)71-39(41(80)30-17-65-60(62)69-30)56(93)72-40(55(92)68-31(20-74)52(89)64-19-36(78)70-38)42(81)32-18-66-61(63)73(32)57-48(87)45(84)43(82)33(21-75)95-57/h5-9,11-14,24,28-35,38-51,57-59,74-77,80-88H,4,10,15-23H2,1-3H3,(H2,63,66)(H,64,89)(H,67,91)(H,68,92)(H,70,78)(H,71,90)(H,72,93)(H3,62,65,69). The lowest BCUT2D eigenvalue weighted by atomic mass is 9.88. The summed E-state index contributed by atoms with van der Waals surface area (Å²) in [5, 5.41) is 160. The van der Waals surface area contributed by atoms with E-state index < -0.39 is 246 Å². The van der Waals surface area contributed by atoms with Crippen molar-refractivity contribution < 1.29 is 128 Å². The first-order valence-electron chi connectivity index (χ1n) is 32.2. The molecule has 0 aliphatic carbocycles. The molecule has 8 rings (SSSR count). The van der Waals surface area contributed by atoms with Gasteiger partial charge in [-0.05, 0) is 42.0 Å². The zero-order chi connectivity index (χ0) is 72.3. The summed E-state index contributed by atoms with van der Waals surface area (Å²) >= 11 is 0. The third kappa shape index (κ3) is 18.3. The minimum Gasteiger partial charge on any atom is -0.462 e. The van der Waals surface area contributed by atoms with Gasteiger partial charge in [0.15, 0.2) is 30.5 Å². The fourth-order valence-electron chi connectivity index (χ4n) is 12.3. The third-order valence-corrected chi connectivity index (χ3v) is 17.9. The van der Waals surface area contributed by atoms with Crippen LogP contribution in [0.25, 0.3) is 0 Å². The number of hydrogen-bond acceptors (Lipinski definition) is 32. The molecule has 38 heteroatoms. The van der Waals surface area contributed by atoms with Gasteiger partial charge in [0.25, 0.3) is 0 Å². The van der Waals surface area contributed by atoms with E-state index in [0.29, 0.717) is 12.0 Å². The van der Waals surface area contributed by atoms with Gasteiger partial charge in [0, 0.05) is 18.8 Å². The summed E-state index contributed by atoms with van der Waals surface area (Å²) < 4.78 is 34.6. The number of rotatable bonds is 22. The van der Waals surface area contributed by atoms with Crippen molar-refractivity contribution in [2.24, 2.45) is 27.4 Å². The predicted octanol–water partition coefficient (Wildman–Crippen LogP) is -11.2. The molecule has 0 radical (unpaired) electrons. The topological polar surface area (TPSA) is 602 Å². The first-order chi connectivity index (χ1) is 47.1. The molecule has 99 heavy (non-hydrogen) atoms. The van der Waals surface area contributed by atoms with Crippen LogP contribution in [0.15, 0.2) is 64.6 Å². The molecule has 2 aromatic rings. The summed E-state index contributed by atoms with van der Waals surface area (Å²) in [6.07, 6.45) is -31.4. The first-order valence-corrected chi connectivity index (χ1v) is 32.2. The number of benzene rings is 2.